The molecule has 2 atom stereocenters. The summed E-state index contributed by atoms with van der Waals surface area (Å²) in [5.41, 5.74) is 2.69. The molecule has 3 rings (SSSR count). The molecule has 0 bridgehead atoms. The van der Waals surface area contributed by atoms with Crippen molar-refractivity contribution >= 4 is 21.6 Å². The van der Waals surface area contributed by atoms with Gasteiger partial charge in [0.1, 0.15) is 5.75 Å². The molecule has 0 saturated heterocycles. The number of ether oxygens (including phenoxy) is 1. The van der Waals surface area contributed by atoms with Crippen molar-refractivity contribution in [1.82, 2.24) is 0 Å². The largest absolute Gasteiger partial charge is 0.495 e. The van der Waals surface area contributed by atoms with E-state index in [0.29, 0.717) is 0 Å². The van der Waals surface area contributed by atoms with E-state index in [4.69, 9.17) is 4.74 Å². The molecule has 2 unspecified atom stereocenters. The molecule has 1 fully saturated rings. The van der Waals surface area contributed by atoms with Gasteiger partial charge in [-0.15, -0.1) is 0 Å². The van der Waals surface area contributed by atoms with Crippen molar-refractivity contribution < 1.29 is 4.74 Å². The van der Waals surface area contributed by atoms with Crippen LogP contribution in [0.3, 0.4) is 0 Å². The van der Waals surface area contributed by atoms with Gasteiger partial charge in [0.15, 0.2) is 0 Å². The minimum atomic E-state index is 0.799. The third-order valence-corrected chi connectivity index (χ3v) is 4.01. The predicted octanol–water partition coefficient (Wildman–Crippen LogP) is 2.99. The van der Waals surface area contributed by atoms with Gasteiger partial charge in [-0.3, -0.25) is 0 Å². The van der Waals surface area contributed by atoms with Crippen LogP contribution < -0.4 is 10.1 Å². The van der Waals surface area contributed by atoms with Gasteiger partial charge < -0.3 is 10.1 Å². The second-order valence-electron chi connectivity index (χ2n) is 4.03. The number of methoxy groups -OCH3 is 1. The Morgan fingerprint density at radius 3 is 3.14 bits per heavy atom. The van der Waals surface area contributed by atoms with E-state index in [-0.39, 0.29) is 0 Å². The number of anilines is 1. The zero-order valence-corrected chi connectivity index (χ0v) is 9.60. The summed E-state index contributed by atoms with van der Waals surface area (Å²) >= 11 is 3.59. The lowest BCUT2D eigenvalue weighted by Gasteiger charge is -2.20. The van der Waals surface area contributed by atoms with Gasteiger partial charge in [-0.05, 0) is 45.8 Å². The number of fused-ring (bicyclic) bond motifs is 3. The maximum atomic E-state index is 5.27. The van der Waals surface area contributed by atoms with Crippen LogP contribution in [-0.2, 0) is 0 Å². The molecule has 2 nitrogen and oxygen atoms in total. The summed E-state index contributed by atoms with van der Waals surface area (Å²) in [6.45, 7) is 1.11. The Balaban J connectivity index is 2.13. The third kappa shape index (κ3) is 1.08. The van der Waals surface area contributed by atoms with E-state index in [1.54, 1.807) is 7.11 Å². The Kier molecular flexibility index (Phi) is 1.78. The first-order valence-corrected chi connectivity index (χ1v) is 5.71. The Hall–Kier alpha value is -0.700. The summed E-state index contributed by atoms with van der Waals surface area (Å²) in [5.74, 6) is 2.59. The number of hydrogen-bond donors (Lipinski definition) is 1. The van der Waals surface area contributed by atoms with Gasteiger partial charge in [0, 0.05) is 6.54 Å². The van der Waals surface area contributed by atoms with Crippen LogP contribution >= 0.6 is 15.9 Å². The highest BCUT2D eigenvalue weighted by atomic mass is 79.9. The summed E-state index contributed by atoms with van der Waals surface area (Å²) < 4.78 is 6.35. The summed E-state index contributed by atoms with van der Waals surface area (Å²) in [5, 5.41) is 3.47. The average molecular weight is 254 g/mol. The second-order valence-corrected chi connectivity index (χ2v) is 4.82. The Morgan fingerprint density at radius 2 is 2.36 bits per heavy atom. The quantitative estimate of drug-likeness (QED) is 0.831. The molecule has 0 radical (unpaired) electrons. The van der Waals surface area contributed by atoms with E-state index in [1.807, 2.05) is 6.07 Å². The number of rotatable bonds is 1. The van der Waals surface area contributed by atoms with E-state index >= 15 is 0 Å². The highest BCUT2D eigenvalue weighted by molar-refractivity contribution is 9.10. The standard InChI is InChI=1S/C11H12BrNO/c1-14-9-3-2-7-8-4-6(8)5-13-11(7)10(9)12/h2-3,6,8,13H,4-5H2,1H3. The van der Waals surface area contributed by atoms with Gasteiger partial charge in [-0.25, -0.2) is 0 Å². The lowest BCUT2D eigenvalue weighted by Crippen LogP contribution is -2.12. The van der Waals surface area contributed by atoms with Gasteiger partial charge in [0.25, 0.3) is 0 Å². The topological polar surface area (TPSA) is 21.3 Å². The molecular formula is C11H12BrNO. The molecule has 0 amide bonds. The van der Waals surface area contributed by atoms with E-state index < -0.39 is 0 Å². The highest BCUT2D eigenvalue weighted by Crippen LogP contribution is 2.55. The molecule has 1 saturated carbocycles. The average Bonchev–Trinajstić information content (AvgIpc) is 2.97. The highest BCUT2D eigenvalue weighted by Gasteiger charge is 2.43. The molecule has 74 valence electrons. The zero-order chi connectivity index (χ0) is 9.71. The zero-order valence-electron chi connectivity index (χ0n) is 8.01. The van der Waals surface area contributed by atoms with E-state index in [2.05, 4.69) is 27.3 Å². The van der Waals surface area contributed by atoms with Crippen molar-refractivity contribution in [3.8, 4) is 5.75 Å². The van der Waals surface area contributed by atoms with Crippen molar-refractivity contribution in [1.29, 1.82) is 0 Å². The number of nitrogens with one attached hydrogen (secondary N) is 1. The molecule has 0 aromatic heterocycles. The molecular weight excluding hydrogens is 242 g/mol. The molecule has 0 spiro atoms. The third-order valence-electron chi connectivity index (χ3n) is 3.22. The van der Waals surface area contributed by atoms with Gasteiger partial charge in [-0.2, -0.15) is 0 Å². The minimum absolute atomic E-state index is 0.799. The fraction of sp³-hybridized carbons (Fsp3) is 0.455. The molecule has 14 heavy (non-hydrogen) atoms. The van der Waals surface area contributed by atoms with E-state index in [0.717, 1.165) is 28.6 Å². The monoisotopic (exact) mass is 253 g/mol. The second kappa shape index (κ2) is 2.89. The molecule has 3 heteroatoms. The van der Waals surface area contributed by atoms with Gasteiger partial charge in [-0.1, -0.05) is 6.07 Å². The van der Waals surface area contributed by atoms with Crippen LogP contribution in [0.15, 0.2) is 16.6 Å². The lowest BCUT2D eigenvalue weighted by molar-refractivity contribution is 0.412. The summed E-state index contributed by atoms with van der Waals surface area (Å²) in [6.07, 6.45) is 1.35. The van der Waals surface area contributed by atoms with Crippen LogP contribution in [-0.4, -0.2) is 13.7 Å². The smallest absolute Gasteiger partial charge is 0.135 e. The van der Waals surface area contributed by atoms with Crippen LogP contribution in [0.2, 0.25) is 0 Å². The minimum Gasteiger partial charge on any atom is -0.495 e. The maximum absolute atomic E-state index is 5.27. The lowest BCUT2D eigenvalue weighted by atomic mass is 10.0. The molecule has 1 aromatic carbocycles. The molecule has 1 aliphatic heterocycles. The van der Waals surface area contributed by atoms with Crippen LogP contribution in [0.25, 0.3) is 0 Å². The first kappa shape index (κ1) is 8.60. The summed E-state index contributed by atoms with van der Waals surface area (Å²) in [6, 6.07) is 4.24. The molecule has 1 aliphatic carbocycles. The Labute approximate surface area is 91.8 Å². The van der Waals surface area contributed by atoms with Crippen molar-refractivity contribution in [3.05, 3.63) is 22.2 Å². The first-order chi connectivity index (χ1) is 6.81. The Bertz CT molecular complexity index is 391. The van der Waals surface area contributed by atoms with Crippen LogP contribution in [0, 0.1) is 5.92 Å². The fourth-order valence-electron chi connectivity index (χ4n) is 2.31. The molecule has 1 N–H and O–H groups in total. The van der Waals surface area contributed by atoms with Crippen LogP contribution in [0.4, 0.5) is 5.69 Å². The van der Waals surface area contributed by atoms with Crippen molar-refractivity contribution in [3.63, 3.8) is 0 Å². The Morgan fingerprint density at radius 1 is 1.50 bits per heavy atom. The SMILES string of the molecule is COc1ccc2c(c1Br)NCC1CC21. The molecule has 2 aliphatic rings. The van der Waals surface area contributed by atoms with Gasteiger partial charge >= 0.3 is 0 Å². The molecule has 1 heterocycles. The van der Waals surface area contributed by atoms with Crippen molar-refractivity contribution in [2.45, 2.75) is 12.3 Å². The first-order valence-electron chi connectivity index (χ1n) is 4.91. The van der Waals surface area contributed by atoms with Gasteiger partial charge in [0.05, 0.1) is 17.3 Å². The van der Waals surface area contributed by atoms with Crippen LogP contribution in [0.5, 0.6) is 5.75 Å². The van der Waals surface area contributed by atoms with Crippen molar-refractivity contribution in [2.75, 3.05) is 19.0 Å². The fourth-order valence-corrected chi connectivity index (χ4v) is 2.97. The number of halogens is 1. The van der Waals surface area contributed by atoms with E-state index in [9.17, 15) is 0 Å². The number of benzene rings is 1. The maximum Gasteiger partial charge on any atom is 0.135 e. The van der Waals surface area contributed by atoms with Crippen molar-refractivity contribution in [2.24, 2.45) is 5.92 Å². The predicted molar refractivity (Wildman–Crippen MR) is 60.0 cm³/mol. The number of hydrogen-bond acceptors (Lipinski definition) is 2. The summed E-state index contributed by atoms with van der Waals surface area (Å²) in [7, 11) is 1.70. The van der Waals surface area contributed by atoms with E-state index in [1.165, 1.54) is 17.7 Å². The normalized spacial score (nSPS) is 27.3. The summed E-state index contributed by atoms with van der Waals surface area (Å²) in [4.78, 5) is 0. The molecule has 1 aromatic rings. The van der Waals surface area contributed by atoms with Crippen LogP contribution in [0.1, 0.15) is 17.9 Å². The van der Waals surface area contributed by atoms with Gasteiger partial charge in [0.2, 0.25) is 0 Å².